The van der Waals surface area contributed by atoms with Crippen molar-refractivity contribution in [2.24, 2.45) is 5.73 Å². The van der Waals surface area contributed by atoms with Gasteiger partial charge in [-0.15, -0.1) is 0 Å². The van der Waals surface area contributed by atoms with Crippen molar-refractivity contribution in [2.45, 2.75) is 17.8 Å². The van der Waals surface area contributed by atoms with Gasteiger partial charge in [0.05, 0.1) is 11.1 Å². The lowest BCUT2D eigenvalue weighted by Gasteiger charge is -2.29. The summed E-state index contributed by atoms with van der Waals surface area (Å²) >= 11 is 1.60. The van der Waals surface area contributed by atoms with Crippen LogP contribution in [0.25, 0.3) is 0 Å². The maximum absolute atomic E-state index is 11.7. The van der Waals surface area contributed by atoms with Crippen LogP contribution in [0.2, 0.25) is 12.6 Å². The molecule has 4 N–H and O–H groups in total. The highest BCUT2D eigenvalue weighted by Crippen LogP contribution is 2.33. The van der Waals surface area contributed by atoms with Gasteiger partial charge in [-0.05, 0) is 35.6 Å². The molecule has 0 heterocycles. The highest BCUT2D eigenvalue weighted by atomic mass is 32.2. The van der Waals surface area contributed by atoms with Crippen LogP contribution in [-0.2, 0) is 0 Å². The Morgan fingerprint density at radius 3 is 1.94 bits per heavy atom. The van der Waals surface area contributed by atoms with E-state index < -0.39 is 20.0 Å². The number of hydrogen-bond acceptors (Lipinski definition) is 4. The predicted octanol–water partition coefficient (Wildman–Crippen LogP) is 3.71. The maximum Gasteiger partial charge on any atom is 0.336 e. The molecular formula is C25H27NO4SSi. The van der Waals surface area contributed by atoms with E-state index in [1.165, 1.54) is 28.6 Å². The van der Waals surface area contributed by atoms with Crippen LogP contribution < -0.4 is 16.1 Å². The second-order valence-corrected chi connectivity index (χ2v) is 13.5. The van der Waals surface area contributed by atoms with E-state index >= 15 is 0 Å². The Morgan fingerprint density at radius 1 is 0.906 bits per heavy atom. The van der Waals surface area contributed by atoms with E-state index in [-0.39, 0.29) is 22.9 Å². The second-order valence-electron chi connectivity index (χ2n) is 7.82. The lowest BCUT2D eigenvalue weighted by atomic mass is 10.0. The predicted molar refractivity (Wildman–Crippen MR) is 133 cm³/mol. The highest BCUT2D eigenvalue weighted by molar-refractivity contribution is 7.99. The van der Waals surface area contributed by atoms with E-state index in [1.54, 1.807) is 11.8 Å². The van der Waals surface area contributed by atoms with Crippen LogP contribution in [0.3, 0.4) is 0 Å². The van der Waals surface area contributed by atoms with Gasteiger partial charge >= 0.3 is 11.9 Å². The molecule has 0 fully saturated rings. The van der Waals surface area contributed by atoms with E-state index in [9.17, 15) is 19.8 Å². The molecule has 166 valence electrons. The van der Waals surface area contributed by atoms with Crippen molar-refractivity contribution < 1.29 is 19.8 Å². The quantitative estimate of drug-likeness (QED) is 0.395. The Hall–Kier alpha value is -2.87. The standard InChI is InChI=1S/C25H27NO4SSi/c1-32(19-8-4-2-5-9-19,20-10-6-3-7-11-20)15-14-31-23(17-26)22-16-18(24(27)28)12-13-21(22)25(29)30/h2-13,16,23H,14-15,17,26H2,1H3,(H,27,28)(H,29,30). The molecule has 32 heavy (non-hydrogen) atoms. The lowest BCUT2D eigenvalue weighted by Crippen LogP contribution is -2.55. The van der Waals surface area contributed by atoms with Crippen LogP contribution in [0.15, 0.2) is 78.9 Å². The van der Waals surface area contributed by atoms with Gasteiger partial charge in [0.15, 0.2) is 0 Å². The van der Waals surface area contributed by atoms with Crippen LogP contribution in [0.1, 0.15) is 31.5 Å². The summed E-state index contributed by atoms with van der Waals surface area (Å²) in [6, 6.07) is 26.1. The van der Waals surface area contributed by atoms with Gasteiger partial charge in [-0.25, -0.2) is 9.59 Å². The van der Waals surface area contributed by atoms with Crippen LogP contribution in [0, 0.1) is 0 Å². The zero-order valence-corrected chi connectivity index (χ0v) is 19.7. The molecule has 0 radical (unpaired) electrons. The number of rotatable bonds is 10. The number of carboxylic acids is 2. The first-order chi connectivity index (χ1) is 15.4. The molecule has 0 spiro atoms. The van der Waals surface area contributed by atoms with Crippen LogP contribution in [0.4, 0.5) is 0 Å². The largest absolute Gasteiger partial charge is 0.478 e. The molecule has 0 saturated carbocycles. The Kier molecular flexibility index (Phi) is 7.90. The summed E-state index contributed by atoms with van der Waals surface area (Å²) in [4.78, 5) is 23.2. The SMILES string of the molecule is C[Si](CCSC(CN)c1cc(C(=O)O)ccc1C(=O)O)(c1ccccc1)c1ccccc1. The summed E-state index contributed by atoms with van der Waals surface area (Å²) in [5, 5.41) is 21.3. The van der Waals surface area contributed by atoms with Crippen molar-refractivity contribution in [3.05, 3.63) is 95.6 Å². The molecule has 3 aromatic carbocycles. The van der Waals surface area contributed by atoms with E-state index in [0.717, 1.165) is 11.8 Å². The Balaban J connectivity index is 1.86. The van der Waals surface area contributed by atoms with Gasteiger partial charge in [0.2, 0.25) is 0 Å². The summed E-state index contributed by atoms with van der Waals surface area (Å²) < 4.78 is 0. The topological polar surface area (TPSA) is 101 Å². The summed E-state index contributed by atoms with van der Waals surface area (Å²) in [6.07, 6.45) is 0. The van der Waals surface area contributed by atoms with Gasteiger partial charge in [0.25, 0.3) is 0 Å². The van der Waals surface area contributed by atoms with Crippen molar-refractivity contribution in [1.82, 2.24) is 0 Å². The van der Waals surface area contributed by atoms with Gasteiger partial charge in [-0.2, -0.15) is 11.8 Å². The molecule has 0 aromatic heterocycles. The third-order valence-corrected chi connectivity index (χ3v) is 11.9. The lowest BCUT2D eigenvalue weighted by molar-refractivity contribution is 0.0680. The second kappa shape index (κ2) is 10.6. The van der Waals surface area contributed by atoms with Gasteiger partial charge < -0.3 is 15.9 Å². The monoisotopic (exact) mass is 465 g/mol. The summed E-state index contributed by atoms with van der Waals surface area (Å²) in [5.74, 6) is -1.38. The van der Waals surface area contributed by atoms with Crippen LogP contribution >= 0.6 is 11.8 Å². The Morgan fingerprint density at radius 2 is 1.47 bits per heavy atom. The first-order valence-corrected chi connectivity index (χ1v) is 14.2. The van der Waals surface area contributed by atoms with E-state index in [4.69, 9.17) is 5.73 Å². The fourth-order valence-corrected chi connectivity index (χ4v) is 9.58. The van der Waals surface area contributed by atoms with Crippen molar-refractivity contribution in [3.8, 4) is 0 Å². The molecule has 0 aliphatic heterocycles. The molecule has 1 atom stereocenters. The molecule has 0 bridgehead atoms. The first kappa shape index (κ1) is 23.8. The minimum Gasteiger partial charge on any atom is -0.478 e. The third kappa shape index (κ3) is 5.30. The van der Waals surface area contributed by atoms with Crippen LogP contribution in [-0.4, -0.2) is 42.5 Å². The fourth-order valence-electron chi connectivity index (χ4n) is 3.91. The number of carboxylic acid groups (broad SMARTS) is 2. The molecule has 1 unspecified atom stereocenters. The summed E-state index contributed by atoms with van der Waals surface area (Å²) in [6.45, 7) is 2.58. The van der Waals surface area contributed by atoms with E-state index in [1.807, 2.05) is 12.1 Å². The number of aromatic carboxylic acids is 2. The summed E-state index contributed by atoms with van der Waals surface area (Å²) in [5.41, 5.74) is 6.66. The minimum atomic E-state index is -2.02. The van der Waals surface area contributed by atoms with Crippen molar-refractivity contribution in [2.75, 3.05) is 12.3 Å². The average molecular weight is 466 g/mol. The molecule has 0 amide bonds. The van der Waals surface area contributed by atoms with Gasteiger partial charge in [-0.1, -0.05) is 77.6 Å². The normalized spacial score (nSPS) is 12.3. The number of benzene rings is 3. The third-order valence-electron chi connectivity index (χ3n) is 5.83. The first-order valence-electron chi connectivity index (χ1n) is 10.4. The Bertz CT molecular complexity index is 1040. The molecule has 3 aromatic rings. The number of nitrogens with two attached hydrogens (primary N) is 1. The van der Waals surface area contributed by atoms with Gasteiger partial charge in [0, 0.05) is 11.8 Å². The highest BCUT2D eigenvalue weighted by Gasteiger charge is 2.32. The minimum absolute atomic E-state index is 0.0665. The molecular weight excluding hydrogens is 438 g/mol. The zero-order valence-electron chi connectivity index (χ0n) is 17.9. The number of thioether (sulfide) groups is 1. The Labute approximate surface area is 193 Å². The zero-order chi connectivity index (χ0) is 23.1. The van der Waals surface area contributed by atoms with Gasteiger partial charge in [0.1, 0.15) is 8.07 Å². The van der Waals surface area contributed by atoms with Gasteiger partial charge in [-0.3, -0.25) is 0 Å². The molecule has 0 aliphatic carbocycles. The van der Waals surface area contributed by atoms with E-state index in [0.29, 0.717) is 5.56 Å². The summed E-state index contributed by atoms with van der Waals surface area (Å²) in [7, 11) is -2.02. The molecule has 0 saturated heterocycles. The van der Waals surface area contributed by atoms with Crippen molar-refractivity contribution in [3.63, 3.8) is 0 Å². The fraction of sp³-hybridized carbons (Fsp3) is 0.200. The maximum atomic E-state index is 11.7. The van der Waals surface area contributed by atoms with Crippen molar-refractivity contribution in [1.29, 1.82) is 0 Å². The van der Waals surface area contributed by atoms with E-state index in [2.05, 4.69) is 55.1 Å². The molecule has 0 aliphatic rings. The molecule has 7 heteroatoms. The average Bonchev–Trinajstić information content (AvgIpc) is 2.82. The molecule has 5 nitrogen and oxygen atoms in total. The molecule has 3 rings (SSSR count). The smallest absolute Gasteiger partial charge is 0.336 e. The van der Waals surface area contributed by atoms with Crippen molar-refractivity contribution >= 4 is 42.1 Å². The number of hydrogen-bond donors (Lipinski definition) is 3. The number of carbonyl (C=O) groups is 2. The van der Waals surface area contributed by atoms with Crippen LogP contribution in [0.5, 0.6) is 0 Å².